The van der Waals surface area contributed by atoms with Gasteiger partial charge in [0.05, 0.1) is 5.69 Å². The molecule has 0 aliphatic rings. The normalized spacial score (nSPS) is 9.90. The van der Waals surface area contributed by atoms with E-state index in [9.17, 15) is 4.39 Å². The van der Waals surface area contributed by atoms with Gasteiger partial charge in [-0.3, -0.25) is 0 Å². The second kappa shape index (κ2) is 3.04. The average molecular weight is 316 g/mol. The Morgan fingerprint density at radius 1 is 1.50 bits per heavy atom. The minimum atomic E-state index is -0.368. The molecule has 0 unspecified atom stereocenters. The Bertz CT molecular complexity index is 214. The molecule has 0 fully saturated rings. The van der Waals surface area contributed by atoms with E-state index in [-0.39, 0.29) is 11.5 Å². The third-order valence-corrected chi connectivity index (χ3v) is 3.33. The highest BCUT2D eigenvalue weighted by Gasteiger charge is 2.01. The lowest BCUT2D eigenvalue weighted by Crippen LogP contribution is -1.91. The third kappa shape index (κ3) is 1.60. The Morgan fingerprint density at radius 3 is 2.60 bits per heavy atom. The number of rotatable bonds is 0. The van der Waals surface area contributed by atoms with Gasteiger partial charge in [0.2, 0.25) is 0 Å². The van der Waals surface area contributed by atoms with Crippen LogP contribution in [0, 0.1) is 9.39 Å². The van der Waals surface area contributed by atoms with Gasteiger partial charge in [0, 0.05) is 8.04 Å². The molecule has 0 spiro atoms. The smallest absolute Gasteiger partial charge is 0.147 e. The number of hydrogen-bond acceptors (Lipinski definition) is 1. The van der Waals surface area contributed by atoms with Crippen LogP contribution >= 0.6 is 38.5 Å². The van der Waals surface area contributed by atoms with Crippen molar-refractivity contribution < 1.29 is 4.39 Å². The first-order valence-corrected chi connectivity index (χ1v) is 4.38. The summed E-state index contributed by atoms with van der Waals surface area (Å²) in [6.45, 7) is 0. The van der Waals surface area contributed by atoms with Crippen molar-refractivity contribution in [1.29, 1.82) is 0 Å². The zero-order valence-corrected chi connectivity index (χ0v) is 8.61. The molecule has 0 atom stereocenters. The van der Waals surface area contributed by atoms with Crippen molar-refractivity contribution in [3.63, 3.8) is 0 Å². The molecular weight excluding hydrogens is 312 g/mol. The number of nitrogen functional groups attached to an aromatic ring is 1. The summed E-state index contributed by atoms with van der Waals surface area (Å²) in [5.41, 5.74) is 5.45. The van der Waals surface area contributed by atoms with Crippen LogP contribution in [-0.4, -0.2) is 0 Å². The van der Waals surface area contributed by atoms with E-state index < -0.39 is 0 Å². The number of halogens is 3. The SMILES string of the molecule is Nc1cc(Br)c(I)cc1F. The van der Waals surface area contributed by atoms with Gasteiger partial charge < -0.3 is 5.73 Å². The Kier molecular flexibility index (Phi) is 2.51. The highest BCUT2D eigenvalue weighted by molar-refractivity contribution is 14.1. The highest BCUT2D eigenvalue weighted by atomic mass is 127. The second-order valence-electron chi connectivity index (χ2n) is 1.79. The fourth-order valence-corrected chi connectivity index (χ4v) is 1.33. The predicted molar refractivity (Wildman–Crippen MR) is 51.2 cm³/mol. The van der Waals surface area contributed by atoms with E-state index in [1.807, 2.05) is 22.6 Å². The summed E-state index contributed by atoms with van der Waals surface area (Å²) in [4.78, 5) is 0. The molecule has 1 nitrogen and oxygen atoms in total. The van der Waals surface area contributed by atoms with Crippen molar-refractivity contribution in [2.45, 2.75) is 0 Å². The highest BCUT2D eigenvalue weighted by Crippen LogP contribution is 2.23. The molecule has 1 aromatic rings. The van der Waals surface area contributed by atoms with E-state index >= 15 is 0 Å². The zero-order valence-electron chi connectivity index (χ0n) is 4.87. The largest absolute Gasteiger partial charge is 0.396 e. The van der Waals surface area contributed by atoms with E-state index in [2.05, 4.69) is 15.9 Å². The van der Waals surface area contributed by atoms with Gasteiger partial charge in [0.25, 0.3) is 0 Å². The predicted octanol–water partition coefficient (Wildman–Crippen LogP) is 2.78. The van der Waals surface area contributed by atoms with Crippen LogP contribution in [0.2, 0.25) is 0 Å². The number of nitrogens with two attached hydrogens (primary N) is 1. The number of anilines is 1. The van der Waals surface area contributed by atoms with E-state index in [0.29, 0.717) is 0 Å². The number of benzene rings is 1. The summed E-state index contributed by atoms with van der Waals surface area (Å²) < 4.78 is 14.3. The van der Waals surface area contributed by atoms with Gasteiger partial charge in [-0.15, -0.1) is 0 Å². The van der Waals surface area contributed by atoms with Crippen molar-refractivity contribution in [3.05, 3.63) is 26.0 Å². The average Bonchev–Trinajstić information content (AvgIpc) is 1.84. The summed E-state index contributed by atoms with van der Waals surface area (Å²) in [5, 5.41) is 0. The van der Waals surface area contributed by atoms with E-state index in [4.69, 9.17) is 5.73 Å². The molecule has 0 aliphatic heterocycles. The molecule has 1 aromatic carbocycles. The Balaban J connectivity index is 3.28. The molecule has 0 saturated carbocycles. The Labute approximate surface area is 80.1 Å². The van der Waals surface area contributed by atoms with Crippen LogP contribution in [0.5, 0.6) is 0 Å². The maximum Gasteiger partial charge on any atom is 0.147 e. The first-order valence-electron chi connectivity index (χ1n) is 2.51. The van der Waals surface area contributed by atoms with Crippen LogP contribution < -0.4 is 5.73 Å². The fraction of sp³-hybridized carbons (Fsp3) is 0. The molecule has 0 saturated heterocycles. The third-order valence-electron chi connectivity index (χ3n) is 1.04. The Morgan fingerprint density at radius 2 is 2.10 bits per heavy atom. The summed E-state index contributed by atoms with van der Waals surface area (Å²) in [5.74, 6) is -0.368. The quantitative estimate of drug-likeness (QED) is 0.445. The molecular formula is C6H4BrFIN. The number of hydrogen-bond donors (Lipinski definition) is 1. The van der Waals surface area contributed by atoms with Crippen molar-refractivity contribution in [1.82, 2.24) is 0 Å². The second-order valence-corrected chi connectivity index (χ2v) is 3.80. The molecule has 0 radical (unpaired) electrons. The molecule has 4 heteroatoms. The maximum absolute atomic E-state index is 12.6. The van der Waals surface area contributed by atoms with Crippen molar-refractivity contribution in [2.75, 3.05) is 5.73 Å². The lowest BCUT2D eigenvalue weighted by Gasteiger charge is -1.98. The van der Waals surface area contributed by atoms with Crippen LogP contribution in [0.25, 0.3) is 0 Å². The van der Waals surface area contributed by atoms with Crippen molar-refractivity contribution >= 4 is 44.2 Å². The van der Waals surface area contributed by atoms with Gasteiger partial charge in [-0.05, 0) is 50.7 Å². The van der Waals surface area contributed by atoms with Gasteiger partial charge in [0.1, 0.15) is 5.82 Å². The van der Waals surface area contributed by atoms with Gasteiger partial charge in [-0.1, -0.05) is 0 Å². The van der Waals surface area contributed by atoms with E-state index in [1.54, 1.807) is 6.07 Å². The molecule has 1 rings (SSSR count). The van der Waals surface area contributed by atoms with Gasteiger partial charge in [-0.25, -0.2) is 4.39 Å². The topological polar surface area (TPSA) is 26.0 Å². The molecule has 10 heavy (non-hydrogen) atoms. The minimum absolute atomic E-state index is 0.173. The maximum atomic E-state index is 12.6. The molecule has 0 bridgehead atoms. The lowest BCUT2D eigenvalue weighted by atomic mass is 10.3. The van der Waals surface area contributed by atoms with Crippen LogP contribution in [0.3, 0.4) is 0 Å². The van der Waals surface area contributed by atoms with Crippen LogP contribution in [0.1, 0.15) is 0 Å². The van der Waals surface area contributed by atoms with Crippen LogP contribution in [-0.2, 0) is 0 Å². The molecule has 0 aromatic heterocycles. The lowest BCUT2D eigenvalue weighted by molar-refractivity contribution is 0.631. The Hall–Kier alpha value is 0.160. The summed E-state index contributed by atoms with van der Waals surface area (Å²) in [6, 6.07) is 2.94. The first kappa shape index (κ1) is 8.26. The summed E-state index contributed by atoms with van der Waals surface area (Å²) in [6.07, 6.45) is 0. The van der Waals surface area contributed by atoms with Crippen molar-refractivity contribution in [3.8, 4) is 0 Å². The molecule has 0 amide bonds. The van der Waals surface area contributed by atoms with Crippen molar-refractivity contribution in [2.24, 2.45) is 0 Å². The molecule has 0 heterocycles. The van der Waals surface area contributed by atoms with E-state index in [0.717, 1.165) is 8.04 Å². The van der Waals surface area contributed by atoms with Crippen LogP contribution in [0.15, 0.2) is 16.6 Å². The molecule has 0 aliphatic carbocycles. The van der Waals surface area contributed by atoms with Gasteiger partial charge >= 0.3 is 0 Å². The standard InChI is InChI=1S/C6H4BrFIN/c7-3-1-6(10)4(8)2-5(3)9/h1-2H,10H2. The monoisotopic (exact) mass is 315 g/mol. The first-order chi connectivity index (χ1) is 4.61. The van der Waals surface area contributed by atoms with Gasteiger partial charge in [-0.2, -0.15) is 0 Å². The zero-order chi connectivity index (χ0) is 7.72. The van der Waals surface area contributed by atoms with Gasteiger partial charge in [0.15, 0.2) is 0 Å². The van der Waals surface area contributed by atoms with E-state index in [1.165, 1.54) is 6.07 Å². The molecule has 2 N–H and O–H groups in total. The summed E-state index contributed by atoms with van der Waals surface area (Å²) in [7, 11) is 0. The molecule has 54 valence electrons. The minimum Gasteiger partial charge on any atom is -0.396 e. The fourth-order valence-electron chi connectivity index (χ4n) is 0.538. The summed E-state index contributed by atoms with van der Waals surface area (Å²) >= 11 is 5.25. The van der Waals surface area contributed by atoms with Crippen LogP contribution in [0.4, 0.5) is 10.1 Å².